The number of aryl methyl sites for hydroxylation is 1. The van der Waals surface area contributed by atoms with Crippen LogP contribution in [0.1, 0.15) is 22.8 Å². The Morgan fingerprint density at radius 3 is 2.84 bits per heavy atom. The number of hydrogen-bond acceptors (Lipinski definition) is 5. The van der Waals surface area contributed by atoms with Gasteiger partial charge in [0.25, 0.3) is 5.91 Å². The quantitative estimate of drug-likeness (QED) is 0.426. The maximum absolute atomic E-state index is 13.3. The molecule has 0 spiro atoms. The number of aromatic nitrogens is 5. The minimum atomic E-state index is -0.183. The number of nitrogens with one attached hydrogen (secondary N) is 1. The summed E-state index contributed by atoms with van der Waals surface area (Å²) in [6.07, 6.45) is 5.38. The highest BCUT2D eigenvalue weighted by molar-refractivity contribution is 7.13. The maximum Gasteiger partial charge on any atom is 0.256 e. The molecule has 4 aromatic heterocycles. The third-order valence-corrected chi connectivity index (χ3v) is 5.91. The summed E-state index contributed by atoms with van der Waals surface area (Å²) in [5, 5.41) is 14.4. The molecule has 0 aliphatic heterocycles. The predicted octanol–water partition coefficient (Wildman–Crippen LogP) is 4.68. The van der Waals surface area contributed by atoms with E-state index in [0.717, 1.165) is 27.2 Å². The van der Waals surface area contributed by atoms with E-state index in [4.69, 9.17) is 4.98 Å². The second kappa shape index (κ2) is 8.16. The zero-order chi connectivity index (χ0) is 21.2. The van der Waals surface area contributed by atoms with Crippen molar-refractivity contribution >= 4 is 34.0 Å². The van der Waals surface area contributed by atoms with Gasteiger partial charge in [0, 0.05) is 24.6 Å². The lowest BCUT2D eigenvalue weighted by atomic mass is 10.1. The molecule has 0 radical (unpaired) electrons. The number of nitrogens with zero attached hydrogens (tertiary/aromatic N) is 5. The van der Waals surface area contributed by atoms with Crippen LogP contribution in [0.3, 0.4) is 0 Å². The van der Waals surface area contributed by atoms with Crippen LogP contribution in [0.2, 0.25) is 0 Å². The number of carbonyl (C=O) groups is 1. The van der Waals surface area contributed by atoms with Gasteiger partial charge in [-0.25, -0.2) is 9.67 Å². The van der Waals surface area contributed by atoms with Gasteiger partial charge in [-0.15, -0.1) is 11.3 Å². The Morgan fingerprint density at radius 1 is 1.13 bits per heavy atom. The smallest absolute Gasteiger partial charge is 0.256 e. The molecular weight excluding hydrogens is 408 g/mol. The summed E-state index contributed by atoms with van der Waals surface area (Å²) < 4.78 is 3.66. The third kappa shape index (κ3) is 3.85. The van der Waals surface area contributed by atoms with Crippen LogP contribution in [0.4, 0.5) is 5.69 Å². The third-order valence-electron chi connectivity index (χ3n) is 5.02. The van der Waals surface area contributed by atoms with Crippen molar-refractivity contribution in [1.82, 2.24) is 24.5 Å². The summed E-state index contributed by atoms with van der Waals surface area (Å²) in [6.45, 7) is 3.33. The number of anilines is 1. The fourth-order valence-corrected chi connectivity index (χ4v) is 4.23. The van der Waals surface area contributed by atoms with Crippen molar-refractivity contribution in [1.29, 1.82) is 0 Å². The Bertz CT molecular complexity index is 1340. The second-order valence-corrected chi connectivity index (χ2v) is 8.04. The summed E-state index contributed by atoms with van der Waals surface area (Å²) >= 11 is 1.60. The highest BCUT2D eigenvalue weighted by Gasteiger charge is 2.18. The summed E-state index contributed by atoms with van der Waals surface area (Å²) in [6, 6.07) is 15.5. The largest absolute Gasteiger partial charge is 0.322 e. The molecule has 1 amide bonds. The van der Waals surface area contributed by atoms with E-state index in [0.29, 0.717) is 24.3 Å². The fraction of sp³-hybridized carbons (Fsp3) is 0.130. The van der Waals surface area contributed by atoms with Crippen LogP contribution in [0.5, 0.6) is 0 Å². The monoisotopic (exact) mass is 428 g/mol. The fourth-order valence-electron chi connectivity index (χ4n) is 3.54. The van der Waals surface area contributed by atoms with Crippen molar-refractivity contribution in [3.05, 3.63) is 83.6 Å². The van der Waals surface area contributed by atoms with Crippen molar-refractivity contribution in [2.24, 2.45) is 0 Å². The normalized spacial score (nSPS) is 11.1. The maximum atomic E-state index is 13.3. The Balaban J connectivity index is 1.49. The van der Waals surface area contributed by atoms with Gasteiger partial charge in [-0.1, -0.05) is 18.2 Å². The van der Waals surface area contributed by atoms with Gasteiger partial charge in [-0.05, 0) is 48.2 Å². The molecule has 7 nitrogen and oxygen atoms in total. The van der Waals surface area contributed by atoms with Gasteiger partial charge in [-0.3, -0.25) is 9.48 Å². The Morgan fingerprint density at radius 2 is 2.06 bits per heavy atom. The standard InChI is InChI=1S/C23H20N6OS/c1-2-29-22-19(14-25-29)18(13-20(27-22)21-8-4-11-31-21)23(30)26-17-7-3-6-16(12-17)15-28-10-5-9-24-28/h3-14H,2,15H2,1H3,(H,26,30). The van der Waals surface area contributed by atoms with E-state index in [9.17, 15) is 4.79 Å². The Hall–Kier alpha value is -3.78. The summed E-state index contributed by atoms with van der Waals surface area (Å²) in [5.74, 6) is -0.183. The van der Waals surface area contributed by atoms with E-state index >= 15 is 0 Å². The summed E-state index contributed by atoms with van der Waals surface area (Å²) in [4.78, 5) is 19.1. The first-order valence-corrected chi connectivity index (χ1v) is 10.9. The van der Waals surface area contributed by atoms with E-state index in [-0.39, 0.29) is 5.91 Å². The van der Waals surface area contributed by atoms with E-state index in [1.54, 1.807) is 23.7 Å². The predicted molar refractivity (Wildman–Crippen MR) is 122 cm³/mol. The van der Waals surface area contributed by atoms with Gasteiger partial charge in [0.1, 0.15) is 0 Å². The Kier molecular flexibility index (Phi) is 5.05. The van der Waals surface area contributed by atoms with Gasteiger partial charge in [-0.2, -0.15) is 10.2 Å². The number of fused-ring (bicyclic) bond motifs is 1. The van der Waals surface area contributed by atoms with Crippen molar-refractivity contribution in [2.75, 3.05) is 5.32 Å². The molecule has 1 N–H and O–H groups in total. The van der Waals surface area contributed by atoms with E-state index in [1.807, 2.05) is 76.4 Å². The number of amides is 1. The lowest BCUT2D eigenvalue weighted by Crippen LogP contribution is -2.13. The topological polar surface area (TPSA) is 77.6 Å². The molecule has 0 unspecified atom stereocenters. The zero-order valence-corrected chi connectivity index (χ0v) is 17.7. The first-order chi connectivity index (χ1) is 15.2. The Labute approximate surface area is 183 Å². The molecule has 0 fully saturated rings. The summed E-state index contributed by atoms with van der Waals surface area (Å²) in [7, 11) is 0. The van der Waals surface area contributed by atoms with Gasteiger partial charge >= 0.3 is 0 Å². The minimum Gasteiger partial charge on any atom is -0.322 e. The van der Waals surface area contributed by atoms with Crippen molar-refractivity contribution in [3.63, 3.8) is 0 Å². The van der Waals surface area contributed by atoms with Crippen molar-refractivity contribution in [2.45, 2.75) is 20.0 Å². The second-order valence-electron chi connectivity index (χ2n) is 7.09. The molecule has 5 rings (SSSR count). The zero-order valence-electron chi connectivity index (χ0n) is 16.9. The van der Waals surface area contributed by atoms with Crippen LogP contribution in [-0.2, 0) is 13.1 Å². The van der Waals surface area contributed by atoms with Gasteiger partial charge in [0.15, 0.2) is 5.65 Å². The molecule has 0 saturated heterocycles. The van der Waals surface area contributed by atoms with Gasteiger partial charge in [0.2, 0.25) is 0 Å². The molecule has 8 heteroatoms. The van der Waals surface area contributed by atoms with Crippen LogP contribution in [0, 0.1) is 0 Å². The van der Waals surface area contributed by atoms with Gasteiger partial charge < -0.3 is 5.32 Å². The first kappa shape index (κ1) is 19.2. The number of thiophene rings is 1. The first-order valence-electron chi connectivity index (χ1n) is 9.99. The van der Waals surface area contributed by atoms with E-state index in [1.165, 1.54) is 0 Å². The SMILES string of the molecule is CCn1ncc2c(C(=O)Nc3cccc(Cn4cccn4)c3)cc(-c3cccs3)nc21. The van der Waals surface area contributed by atoms with Crippen molar-refractivity contribution < 1.29 is 4.79 Å². The minimum absolute atomic E-state index is 0.183. The molecule has 0 atom stereocenters. The highest BCUT2D eigenvalue weighted by atomic mass is 32.1. The van der Waals surface area contributed by atoms with Crippen LogP contribution in [0.25, 0.3) is 21.6 Å². The highest BCUT2D eigenvalue weighted by Crippen LogP contribution is 2.28. The molecule has 5 aromatic rings. The number of benzene rings is 1. The molecule has 1 aromatic carbocycles. The summed E-state index contributed by atoms with van der Waals surface area (Å²) in [5.41, 5.74) is 3.84. The number of carbonyl (C=O) groups excluding carboxylic acids is 1. The molecule has 0 saturated carbocycles. The average molecular weight is 429 g/mol. The molecule has 154 valence electrons. The van der Waals surface area contributed by atoms with Gasteiger partial charge in [0.05, 0.1) is 34.3 Å². The molecule has 0 bridgehead atoms. The number of hydrogen-bond donors (Lipinski definition) is 1. The van der Waals surface area contributed by atoms with Crippen molar-refractivity contribution in [3.8, 4) is 10.6 Å². The number of rotatable bonds is 6. The molecular formula is C23H20N6OS. The molecule has 4 heterocycles. The lowest BCUT2D eigenvalue weighted by Gasteiger charge is -2.10. The number of pyridine rings is 1. The molecule has 0 aliphatic carbocycles. The van der Waals surface area contributed by atoms with Crippen LogP contribution in [-0.4, -0.2) is 30.5 Å². The molecule has 31 heavy (non-hydrogen) atoms. The van der Waals surface area contributed by atoms with Crippen LogP contribution in [0.15, 0.2) is 72.5 Å². The van der Waals surface area contributed by atoms with Crippen LogP contribution < -0.4 is 5.32 Å². The van der Waals surface area contributed by atoms with Crippen LogP contribution >= 0.6 is 11.3 Å². The average Bonchev–Trinajstić information content (AvgIpc) is 3.54. The molecule has 0 aliphatic rings. The van der Waals surface area contributed by atoms with E-state index < -0.39 is 0 Å². The lowest BCUT2D eigenvalue weighted by molar-refractivity contribution is 0.102. The van der Waals surface area contributed by atoms with E-state index in [2.05, 4.69) is 15.5 Å².